The Kier molecular flexibility index (Phi) is 13.7. The van der Waals surface area contributed by atoms with Gasteiger partial charge in [0.25, 0.3) is 5.91 Å². The molecule has 2 aliphatic rings. The van der Waals surface area contributed by atoms with E-state index in [4.69, 9.17) is 4.74 Å². The third-order valence-corrected chi connectivity index (χ3v) is 9.09. The molecular formula is C37H46F6N6O5. The average Bonchev–Trinajstić information content (AvgIpc) is 3.18. The van der Waals surface area contributed by atoms with E-state index < -0.39 is 85.5 Å². The van der Waals surface area contributed by atoms with E-state index in [1.165, 1.54) is 11.9 Å². The van der Waals surface area contributed by atoms with Gasteiger partial charge in [0.1, 0.15) is 5.60 Å². The van der Waals surface area contributed by atoms with Crippen molar-refractivity contribution in [2.75, 3.05) is 31.7 Å². The lowest BCUT2D eigenvalue weighted by Gasteiger charge is -2.33. The Morgan fingerprint density at radius 2 is 1.39 bits per heavy atom. The third-order valence-electron chi connectivity index (χ3n) is 9.09. The third kappa shape index (κ3) is 12.5. The van der Waals surface area contributed by atoms with Gasteiger partial charge in [-0.25, -0.2) is 9.79 Å². The van der Waals surface area contributed by atoms with Crippen LogP contribution in [0.2, 0.25) is 0 Å². The molecule has 4 amide bonds. The van der Waals surface area contributed by atoms with Gasteiger partial charge in [0, 0.05) is 62.0 Å². The van der Waals surface area contributed by atoms with Gasteiger partial charge in [-0.15, -0.1) is 0 Å². The van der Waals surface area contributed by atoms with Gasteiger partial charge in [0.2, 0.25) is 18.0 Å². The predicted octanol–water partition coefficient (Wildman–Crippen LogP) is 5.92. The largest absolute Gasteiger partial charge is 0.444 e. The average molecular weight is 769 g/mol. The first-order valence-corrected chi connectivity index (χ1v) is 17.6. The summed E-state index contributed by atoms with van der Waals surface area (Å²) in [5.41, 5.74) is 1.11. The molecule has 0 radical (unpaired) electrons. The second-order valence-corrected chi connectivity index (χ2v) is 14.4. The van der Waals surface area contributed by atoms with Crippen LogP contribution in [0, 0.1) is 11.8 Å². The molecule has 0 aromatic heterocycles. The molecule has 1 fully saturated rings. The molecule has 0 spiro atoms. The van der Waals surface area contributed by atoms with Gasteiger partial charge in [-0.2, -0.15) is 26.3 Å². The van der Waals surface area contributed by atoms with Crippen LogP contribution in [-0.4, -0.2) is 91.4 Å². The molecule has 54 heavy (non-hydrogen) atoms. The molecule has 0 bridgehead atoms. The first kappa shape index (κ1) is 42.1. The van der Waals surface area contributed by atoms with E-state index in [1.807, 2.05) is 0 Å². The maximum Gasteiger partial charge on any atom is 0.407 e. The van der Waals surface area contributed by atoms with E-state index in [0.717, 1.165) is 0 Å². The predicted molar refractivity (Wildman–Crippen MR) is 188 cm³/mol. The quantitative estimate of drug-likeness (QED) is 0.230. The highest BCUT2D eigenvalue weighted by molar-refractivity contribution is 6.20. The first-order chi connectivity index (χ1) is 25.2. The van der Waals surface area contributed by atoms with Crippen LogP contribution in [0.4, 0.5) is 36.8 Å². The number of nitrogens with one attached hydrogen (secondary N) is 3. The first-order valence-electron chi connectivity index (χ1n) is 17.6. The van der Waals surface area contributed by atoms with Crippen molar-refractivity contribution in [3.63, 3.8) is 0 Å². The summed E-state index contributed by atoms with van der Waals surface area (Å²) < 4.78 is 86.6. The van der Waals surface area contributed by atoms with Crippen LogP contribution < -0.4 is 20.9 Å². The molecule has 11 nitrogen and oxygen atoms in total. The van der Waals surface area contributed by atoms with Gasteiger partial charge in [-0.3, -0.25) is 19.3 Å². The van der Waals surface area contributed by atoms with E-state index in [0.29, 0.717) is 42.7 Å². The Bertz CT molecular complexity index is 1650. The van der Waals surface area contributed by atoms with E-state index in [9.17, 15) is 45.5 Å². The molecular weight excluding hydrogens is 722 g/mol. The SMILES string of the molecule is CN1C(=O)[C@@H](NC(=O)[C@H](CCC(F)(F)F)[C@H](CCC(F)(F)F)C(=O)NCN2CCC(NC(=O)OC(C)(C)C)CC2)N=C(c2ccccc2)c2ccccc21. The van der Waals surface area contributed by atoms with Crippen molar-refractivity contribution >= 4 is 35.2 Å². The number of para-hydroxylation sites is 1. The molecule has 1 saturated heterocycles. The minimum Gasteiger partial charge on any atom is -0.444 e. The number of aliphatic imine (C=N–C) groups is 1. The monoisotopic (exact) mass is 768 g/mol. The van der Waals surface area contributed by atoms with Crippen molar-refractivity contribution in [1.82, 2.24) is 20.9 Å². The molecule has 17 heteroatoms. The standard InChI is InChI=1S/C37H46F6N6O5/c1-35(2,3)54-34(53)45-24-16-20-49(21-17-24)22-44-31(50)25(14-18-36(38,39)40)26(15-19-37(41,42)43)32(51)47-30-33(52)48(4)28-13-9-8-12-27(28)29(46-30)23-10-6-5-7-11-23/h5-13,24-26,30H,14-22H2,1-4H3,(H,44,50)(H,45,53)(H,47,51)/t25-,26+,30+/m0/s1. The highest BCUT2D eigenvalue weighted by atomic mass is 19.4. The summed E-state index contributed by atoms with van der Waals surface area (Å²) in [5, 5.41) is 7.67. The fraction of sp³-hybridized carbons (Fsp3) is 0.541. The second-order valence-electron chi connectivity index (χ2n) is 14.4. The van der Waals surface area contributed by atoms with Gasteiger partial charge in [-0.1, -0.05) is 48.5 Å². The summed E-state index contributed by atoms with van der Waals surface area (Å²) in [6.45, 7) is 5.74. The summed E-state index contributed by atoms with van der Waals surface area (Å²) >= 11 is 0. The number of carbonyl (C=O) groups is 4. The fourth-order valence-electron chi connectivity index (χ4n) is 6.38. The van der Waals surface area contributed by atoms with E-state index in [2.05, 4.69) is 20.9 Å². The number of fused-ring (bicyclic) bond motifs is 1. The van der Waals surface area contributed by atoms with E-state index in [-0.39, 0.29) is 18.4 Å². The van der Waals surface area contributed by atoms with Crippen molar-refractivity contribution in [3.05, 3.63) is 65.7 Å². The summed E-state index contributed by atoms with van der Waals surface area (Å²) in [6.07, 6.45) is -16.0. The summed E-state index contributed by atoms with van der Waals surface area (Å²) in [4.78, 5) is 61.0. The lowest BCUT2D eigenvalue weighted by molar-refractivity contribution is -0.153. The topological polar surface area (TPSA) is 132 Å². The van der Waals surface area contributed by atoms with Crippen LogP contribution in [0.15, 0.2) is 59.6 Å². The van der Waals surface area contributed by atoms with Gasteiger partial charge in [0.05, 0.1) is 18.1 Å². The van der Waals surface area contributed by atoms with Crippen LogP contribution in [-0.2, 0) is 19.1 Å². The normalized spacial score (nSPS) is 18.5. The number of likely N-dealkylation sites (tertiary alicyclic amines) is 1. The Balaban J connectivity index is 1.56. The lowest BCUT2D eigenvalue weighted by atomic mass is 9.83. The second kappa shape index (κ2) is 17.6. The summed E-state index contributed by atoms with van der Waals surface area (Å²) in [6, 6.07) is 15.2. The number of benzene rings is 2. The van der Waals surface area contributed by atoms with Crippen molar-refractivity contribution in [2.45, 2.75) is 89.5 Å². The molecule has 0 unspecified atom stereocenters. The fourth-order valence-corrected chi connectivity index (χ4v) is 6.38. The number of hydrogen-bond donors (Lipinski definition) is 3. The zero-order valence-corrected chi connectivity index (χ0v) is 30.5. The van der Waals surface area contributed by atoms with Gasteiger partial charge >= 0.3 is 18.4 Å². The Morgan fingerprint density at radius 1 is 0.833 bits per heavy atom. The molecule has 2 aromatic rings. The number of rotatable bonds is 12. The zero-order valence-electron chi connectivity index (χ0n) is 30.5. The molecule has 3 atom stereocenters. The number of carbonyl (C=O) groups excluding carboxylic acids is 4. The number of alkyl carbamates (subject to hydrolysis) is 1. The van der Waals surface area contributed by atoms with Crippen LogP contribution in [0.25, 0.3) is 0 Å². The van der Waals surface area contributed by atoms with E-state index >= 15 is 0 Å². The molecule has 2 aliphatic heterocycles. The van der Waals surface area contributed by atoms with Crippen molar-refractivity contribution in [2.24, 2.45) is 16.8 Å². The van der Waals surface area contributed by atoms with Crippen LogP contribution in [0.3, 0.4) is 0 Å². The molecule has 2 aromatic carbocycles. The zero-order chi connectivity index (χ0) is 39.8. The summed E-state index contributed by atoms with van der Waals surface area (Å²) in [5.74, 6) is -6.76. The molecule has 296 valence electrons. The number of benzodiazepines with no additional fused rings is 1. The smallest absolute Gasteiger partial charge is 0.407 e. The van der Waals surface area contributed by atoms with Crippen LogP contribution in [0.5, 0.6) is 0 Å². The highest BCUT2D eigenvalue weighted by Crippen LogP contribution is 2.34. The minimum absolute atomic E-state index is 0.164. The van der Waals surface area contributed by atoms with Crippen molar-refractivity contribution in [1.29, 1.82) is 0 Å². The van der Waals surface area contributed by atoms with Gasteiger partial charge in [-0.05, 0) is 52.5 Å². The van der Waals surface area contributed by atoms with Gasteiger partial charge in [0.15, 0.2) is 0 Å². The molecule has 3 N–H and O–H groups in total. The number of amides is 4. The maximum atomic E-state index is 14.0. The Hall–Kier alpha value is -4.67. The lowest BCUT2D eigenvalue weighted by Crippen LogP contribution is -2.52. The molecule has 2 heterocycles. The van der Waals surface area contributed by atoms with Crippen LogP contribution >= 0.6 is 0 Å². The maximum absolute atomic E-state index is 14.0. The van der Waals surface area contributed by atoms with E-state index in [1.54, 1.807) is 80.3 Å². The molecule has 0 aliphatic carbocycles. The number of alkyl halides is 6. The number of anilines is 1. The number of ether oxygens (including phenoxy) is 1. The van der Waals surface area contributed by atoms with Gasteiger partial charge < -0.3 is 25.6 Å². The molecule has 0 saturated carbocycles. The Morgan fingerprint density at radius 3 is 1.96 bits per heavy atom. The number of hydrogen-bond acceptors (Lipinski definition) is 7. The summed E-state index contributed by atoms with van der Waals surface area (Å²) in [7, 11) is 1.43. The highest BCUT2D eigenvalue weighted by Gasteiger charge is 2.42. The minimum atomic E-state index is -4.81. The molecule has 4 rings (SSSR count). The van der Waals surface area contributed by atoms with Crippen molar-refractivity contribution < 1.29 is 50.3 Å². The Labute approximate surface area is 309 Å². The number of likely N-dealkylation sites (N-methyl/N-ethyl adjacent to an activating group) is 1. The van der Waals surface area contributed by atoms with Crippen LogP contribution in [0.1, 0.15) is 70.4 Å². The van der Waals surface area contributed by atoms with Crippen molar-refractivity contribution in [3.8, 4) is 0 Å². The number of halogens is 6. The number of nitrogens with zero attached hydrogens (tertiary/aromatic N) is 3. The number of piperidine rings is 1.